The Morgan fingerprint density at radius 1 is 0.857 bits per heavy atom. The van der Waals surface area contributed by atoms with Crippen LogP contribution in [0.3, 0.4) is 0 Å². The monoisotopic (exact) mass is 801 g/mol. The molecular weight excluding hydrogens is 742 g/mol. The average Bonchev–Trinajstić information content (AvgIpc) is 3.67. The third kappa shape index (κ3) is 14.0. The molecule has 1 saturated heterocycles. The lowest BCUT2D eigenvalue weighted by atomic mass is 9.98. The summed E-state index contributed by atoms with van der Waals surface area (Å²) in [7, 11) is 3.14. The fourth-order valence-electron chi connectivity index (χ4n) is 7.06. The van der Waals surface area contributed by atoms with E-state index < -0.39 is 65.9 Å². The zero-order chi connectivity index (χ0) is 41.4. The summed E-state index contributed by atoms with van der Waals surface area (Å²) in [5, 5.41) is 48.8. The van der Waals surface area contributed by atoms with Crippen LogP contribution in [0.25, 0.3) is 0 Å². The van der Waals surface area contributed by atoms with Crippen LogP contribution in [0, 0.1) is 5.92 Å². The van der Waals surface area contributed by atoms with Gasteiger partial charge in [0.25, 0.3) is 5.91 Å². The molecule has 3 rings (SSSR count). The first-order chi connectivity index (χ1) is 26.7. The number of carbonyl (C=O) groups excluding carboxylic acids is 4. The Labute approximate surface area is 335 Å². The number of phenols is 2. The van der Waals surface area contributed by atoms with Crippen LogP contribution in [-0.4, -0.2) is 123 Å². The van der Waals surface area contributed by atoms with Crippen LogP contribution < -0.4 is 16.0 Å². The number of hydrogen-bond acceptors (Lipinski definition) is 9. The number of alkyl halides is 1. The van der Waals surface area contributed by atoms with E-state index >= 15 is 0 Å². The molecule has 0 aliphatic carbocycles. The Morgan fingerprint density at radius 3 is 1.95 bits per heavy atom. The van der Waals surface area contributed by atoms with Crippen molar-refractivity contribution in [3.05, 3.63) is 59.7 Å². The van der Waals surface area contributed by atoms with Crippen LogP contribution in [0.1, 0.15) is 82.8 Å². The SMILES string of the molecule is CN[C@@H](CCCCCCCCl)[C@H](O)C(=O)N[C@H](Cc1ccc(O)cc1)C(=O)N(C)[C@@H](CC(C)C)C(=O)N1CCC[C@H]1C(=O)N[C@H](Cc1ccc(O)cc1)C(=O)O. The minimum absolute atomic E-state index is 0.00163. The van der Waals surface area contributed by atoms with Crippen molar-refractivity contribution in [2.45, 2.75) is 121 Å². The highest BCUT2D eigenvalue weighted by molar-refractivity contribution is 6.17. The highest BCUT2D eigenvalue weighted by atomic mass is 35.5. The number of rotatable bonds is 23. The largest absolute Gasteiger partial charge is 0.508 e. The van der Waals surface area contributed by atoms with Crippen molar-refractivity contribution in [1.82, 2.24) is 25.8 Å². The van der Waals surface area contributed by atoms with Crippen molar-refractivity contribution in [1.29, 1.82) is 0 Å². The molecule has 2 aromatic carbocycles. The first-order valence-electron chi connectivity index (χ1n) is 19.5. The molecule has 0 aromatic heterocycles. The van der Waals surface area contributed by atoms with Gasteiger partial charge in [-0.3, -0.25) is 19.2 Å². The van der Waals surface area contributed by atoms with Gasteiger partial charge in [-0.2, -0.15) is 0 Å². The summed E-state index contributed by atoms with van der Waals surface area (Å²) in [6.07, 6.45) is 4.67. The third-order valence-electron chi connectivity index (χ3n) is 10.3. The molecule has 310 valence electrons. The van der Waals surface area contributed by atoms with Crippen LogP contribution in [0.4, 0.5) is 0 Å². The zero-order valence-corrected chi connectivity index (χ0v) is 33.7. The second-order valence-electron chi connectivity index (χ2n) is 15.1. The summed E-state index contributed by atoms with van der Waals surface area (Å²) in [6.45, 7) is 4.02. The maximum atomic E-state index is 14.4. The number of nitrogens with zero attached hydrogens (tertiary/aromatic N) is 2. The zero-order valence-electron chi connectivity index (χ0n) is 33.0. The smallest absolute Gasteiger partial charge is 0.326 e. The number of aliphatic hydroxyl groups excluding tert-OH is 1. The number of aromatic hydroxyl groups is 2. The molecule has 0 unspecified atom stereocenters. The molecule has 1 aliphatic heterocycles. The highest BCUT2D eigenvalue weighted by Gasteiger charge is 2.42. The summed E-state index contributed by atoms with van der Waals surface area (Å²) >= 11 is 5.77. The van der Waals surface area contributed by atoms with Gasteiger partial charge in [0, 0.05) is 38.4 Å². The lowest BCUT2D eigenvalue weighted by molar-refractivity contribution is -0.150. The van der Waals surface area contributed by atoms with Gasteiger partial charge in [-0.05, 0) is 80.5 Å². The molecule has 1 aliphatic rings. The van der Waals surface area contributed by atoms with E-state index in [1.54, 1.807) is 31.3 Å². The number of nitrogens with one attached hydrogen (secondary N) is 3. The highest BCUT2D eigenvalue weighted by Crippen LogP contribution is 2.24. The van der Waals surface area contributed by atoms with E-state index in [4.69, 9.17) is 11.6 Å². The van der Waals surface area contributed by atoms with E-state index in [9.17, 15) is 44.4 Å². The van der Waals surface area contributed by atoms with Crippen molar-refractivity contribution >= 4 is 41.2 Å². The predicted octanol–water partition coefficient (Wildman–Crippen LogP) is 3.33. The van der Waals surface area contributed by atoms with Crippen molar-refractivity contribution in [2.75, 3.05) is 26.5 Å². The van der Waals surface area contributed by atoms with E-state index in [1.165, 1.54) is 41.1 Å². The molecule has 6 atom stereocenters. The quantitative estimate of drug-likeness (QED) is 0.0644. The number of aliphatic carboxylic acids is 1. The van der Waals surface area contributed by atoms with Crippen LogP contribution in [0.15, 0.2) is 48.5 Å². The molecular formula is C41H60ClN5O9. The Bertz CT molecular complexity index is 1580. The van der Waals surface area contributed by atoms with Gasteiger partial charge in [0.05, 0.1) is 0 Å². The van der Waals surface area contributed by atoms with Gasteiger partial charge in [0.1, 0.15) is 41.8 Å². The molecule has 0 saturated carbocycles. The molecule has 14 nitrogen and oxygen atoms in total. The van der Waals surface area contributed by atoms with Gasteiger partial charge in [0.2, 0.25) is 17.7 Å². The molecule has 15 heteroatoms. The van der Waals surface area contributed by atoms with Gasteiger partial charge in [0.15, 0.2) is 0 Å². The standard InChI is InChI=1S/C41H60ClN5O9/c1-26(2)23-35(40(54)47-22-10-12-34(47)37(51)45-33(41(55)56)25-28-15-19-30(49)20-16-28)46(4)39(53)32(24-27-13-17-29(48)18-14-27)44-38(52)36(50)31(43-3)11-8-6-5-7-9-21-42/h13-20,26,31-36,43,48-50H,5-12,21-25H2,1-4H3,(H,44,52)(H,45,51)(H,55,56)/t31-,32+,33+,34-,35-,36-/m0/s1. The van der Waals surface area contributed by atoms with Crippen LogP contribution >= 0.6 is 11.6 Å². The van der Waals surface area contributed by atoms with Gasteiger partial charge < -0.3 is 46.2 Å². The number of halogens is 1. The first-order valence-corrected chi connectivity index (χ1v) is 20.1. The summed E-state index contributed by atoms with van der Waals surface area (Å²) < 4.78 is 0. The summed E-state index contributed by atoms with van der Waals surface area (Å²) in [6, 6.07) is 7.10. The number of carboxylic acids is 1. The number of amides is 4. The molecule has 7 N–H and O–H groups in total. The van der Waals surface area contributed by atoms with Crippen molar-refractivity contribution in [3.8, 4) is 11.5 Å². The molecule has 2 aromatic rings. The van der Waals surface area contributed by atoms with Crippen LogP contribution in [0.5, 0.6) is 11.5 Å². The van der Waals surface area contributed by atoms with E-state index in [-0.39, 0.29) is 43.2 Å². The van der Waals surface area contributed by atoms with E-state index in [2.05, 4.69) is 16.0 Å². The number of likely N-dealkylation sites (N-methyl/N-ethyl adjacent to an activating group) is 2. The Kier molecular flexibility index (Phi) is 18.9. The summed E-state index contributed by atoms with van der Waals surface area (Å²) in [5.74, 6) is -3.10. The molecule has 0 spiro atoms. The molecule has 4 amide bonds. The van der Waals surface area contributed by atoms with Crippen LogP contribution in [0.2, 0.25) is 0 Å². The lowest BCUT2D eigenvalue weighted by Gasteiger charge is -2.36. The first kappa shape index (κ1) is 46.0. The van der Waals surface area contributed by atoms with Crippen molar-refractivity contribution in [2.24, 2.45) is 5.92 Å². The summed E-state index contributed by atoms with van der Waals surface area (Å²) in [5.41, 5.74) is 1.21. The lowest BCUT2D eigenvalue weighted by Crippen LogP contribution is -2.59. The third-order valence-corrected chi connectivity index (χ3v) is 10.6. The normalized spacial score (nSPS) is 16.8. The Morgan fingerprint density at radius 2 is 1.41 bits per heavy atom. The summed E-state index contributed by atoms with van der Waals surface area (Å²) in [4.78, 5) is 70.8. The number of phenolic OH excluding ortho intramolecular Hbond substituents is 2. The van der Waals surface area contributed by atoms with Gasteiger partial charge in [-0.1, -0.05) is 63.8 Å². The van der Waals surface area contributed by atoms with Crippen molar-refractivity contribution in [3.63, 3.8) is 0 Å². The fraction of sp³-hybridized carbons (Fsp3) is 0.585. The number of unbranched alkanes of at least 4 members (excludes halogenated alkanes) is 4. The number of carboxylic acid groups (broad SMARTS) is 1. The second kappa shape index (κ2) is 23.0. The van der Waals surface area contributed by atoms with E-state index in [1.807, 2.05) is 13.8 Å². The van der Waals surface area contributed by atoms with Gasteiger partial charge >= 0.3 is 5.97 Å². The minimum atomic E-state index is -1.47. The second-order valence-corrected chi connectivity index (χ2v) is 15.4. The maximum absolute atomic E-state index is 14.4. The topological polar surface area (TPSA) is 209 Å². The van der Waals surface area contributed by atoms with Crippen molar-refractivity contribution < 1.29 is 44.4 Å². The Hall–Kier alpha value is -4.40. The maximum Gasteiger partial charge on any atom is 0.326 e. The number of carbonyl (C=O) groups is 5. The fourth-order valence-corrected chi connectivity index (χ4v) is 7.25. The number of benzene rings is 2. The number of likely N-dealkylation sites (tertiary alicyclic amines) is 1. The predicted molar refractivity (Wildman–Crippen MR) is 213 cm³/mol. The molecule has 56 heavy (non-hydrogen) atoms. The molecule has 1 fully saturated rings. The molecule has 0 radical (unpaired) electrons. The van der Waals surface area contributed by atoms with Crippen LogP contribution in [-0.2, 0) is 36.8 Å². The van der Waals surface area contributed by atoms with E-state index in [0.717, 1.165) is 32.1 Å². The molecule has 0 bridgehead atoms. The van der Waals surface area contributed by atoms with Gasteiger partial charge in [-0.15, -0.1) is 11.6 Å². The minimum Gasteiger partial charge on any atom is -0.508 e. The molecule has 1 heterocycles. The average molecular weight is 802 g/mol. The number of aliphatic hydroxyl groups is 1. The van der Waals surface area contributed by atoms with Gasteiger partial charge in [-0.25, -0.2) is 4.79 Å². The van der Waals surface area contributed by atoms with E-state index in [0.29, 0.717) is 36.3 Å². The Balaban J connectivity index is 1.81. The number of hydrogen-bond donors (Lipinski definition) is 7.